The lowest BCUT2D eigenvalue weighted by Gasteiger charge is -2.04. The Balaban J connectivity index is 2.32. The van der Waals surface area contributed by atoms with Crippen molar-refractivity contribution in [2.45, 2.75) is 6.42 Å². The van der Waals surface area contributed by atoms with Crippen LogP contribution in [0.15, 0.2) is 28.8 Å². The summed E-state index contributed by atoms with van der Waals surface area (Å²) >= 11 is 0. The smallest absolute Gasteiger partial charge is 0.261 e. The number of aromatic nitrogens is 2. The molecule has 2 rings (SSSR count). The molecule has 3 N–H and O–H groups in total. The van der Waals surface area contributed by atoms with E-state index in [-0.39, 0.29) is 5.95 Å². The third-order valence-electron chi connectivity index (χ3n) is 2.33. The van der Waals surface area contributed by atoms with Gasteiger partial charge in [-0.05, 0) is 36.8 Å². The highest BCUT2D eigenvalue weighted by Gasteiger charge is 2.10. The summed E-state index contributed by atoms with van der Waals surface area (Å²) in [6.45, 7) is 0.903. The molecule has 0 bridgehead atoms. The Morgan fingerprint density at radius 3 is 2.88 bits per heavy atom. The van der Waals surface area contributed by atoms with Gasteiger partial charge in [0.05, 0.1) is 0 Å². The van der Waals surface area contributed by atoms with E-state index in [1.165, 1.54) is 5.56 Å². The van der Waals surface area contributed by atoms with Gasteiger partial charge in [-0.3, -0.25) is 0 Å². The van der Waals surface area contributed by atoms with Gasteiger partial charge in [-0.1, -0.05) is 18.2 Å². The second-order valence-electron chi connectivity index (χ2n) is 3.47. The number of anilines is 1. The molecule has 0 amide bonds. The number of nitrogens with two attached hydrogens (primary N) is 1. The summed E-state index contributed by atoms with van der Waals surface area (Å²) in [4.78, 5) is 4.03. The third-order valence-corrected chi connectivity index (χ3v) is 2.33. The van der Waals surface area contributed by atoms with Gasteiger partial charge in [-0.25, -0.2) is 0 Å². The zero-order chi connectivity index (χ0) is 11.4. The number of hydrogen-bond acceptors (Lipinski definition) is 5. The van der Waals surface area contributed by atoms with Crippen LogP contribution in [0.1, 0.15) is 5.56 Å². The van der Waals surface area contributed by atoms with E-state index in [9.17, 15) is 0 Å². The lowest BCUT2D eigenvalue weighted by atomic mass is 10.0. The second-order valence-corrected chi connectivity index (χ2v) is 3.47. The summed E-state index contributed by atoms with van der Waals surface area (Å²) in [6, 6.07) is 7.94. The molecule has 0 fully saturated rings. The topological polar surface area (TPSA) is 77.0 Å². The zero-order valence-electron chi connectivity index (χ0n) is 9.10. The first kappa shape index (κ1) is 10.6. The van der Waals surface area contributed by atoms with Crippen LogP contribution >= 0.6 is 0 Å². The fourth-order valence-electron chi connectivity index (χ4n) is 1.55. The maximum Gasteiger partial charge on any atom is 0.261 e. The van der Waals surface area contributed by atoms with E-state index in [0.717, 1.165) is 18.5 Å². The number of rotatable bonds is 4. The highest BCUT2D eigenvalue weighted by molar-refractivity contribution is 5.59. The quantitative estimate of drug-likeness (QED) is 0.803. The van der Waals surface area contributed by atoms with E-state index < -0.39 is 0 Å². The van der Waals surface area contributed by atoms with Crippen LogP contribution in [0.5, 0.6) is 0 Å². The lowest BCUT2D eigenvalue weighted by molar-refractivity contribution is 0.432. The van der Waals surface area contributed by atoms with E-state index in [2.05, 4.69) is 15.5 Å². The van der Waals surface area contributed by atoms with E-state index in [1.807, 2.05) is 31.3 Å². The van der Waals surface area contributed by atoms with Crippen molar-refractivity contribution in [3.8, 4) is 11.5 Å². The first-order chi connectivity index (χ1) is 7.81. The van der Waals surface area contributed by atoms with Crippen molar-refractivity contribution in [1.29, 1.82) is 0 Å². The van der Waals surface area contributed by atoms with Crippen LogP contribution in [-0.2, 0) is 6.42 Å². The fourth-order valence-corrected chi connectivity index (χ4v) is 1.55. The Labute approximate surface area is 93.7 Å². The van der Waals surface area contributed by atoms with Crippen molar-refractivity contribution in [3.63, 3.8) is 0 Å². The van der Waals surface area contributed by atoms with Crippen LogP contribution in [0.2, 0.25) is 0 Å². The molecule has 5 nitrogen and oxygen atoms in total. The number of likely N-dealkylation sites (N-methyl/N-ethyl adjacent to an activating group) is 1. The predicted octanol–water partition coefficient (Wildman–Crippen LogP) is 1.08. The molecule has 0 saturated heterocycles. The Bertz CT molecular complexity index is 467. The molecular weight excluding hydrogens is 204 g/mol. The first-order valence-electron chi connectivity index (χ1n) is 5.13. The third kappa shape index (κ3) is 2.20. The SMILES string of the molecule is CNCCc1ccccc1-c1nc(N)no1. The molecule has 2 aromatic rings. The molecule has 1 aromatic heterocycles. The molecule has 1 heterocycles. The van der Waals surface area contributed by atoms with Gasteiger partial charge in [0.2, 0.25) is 0 Å². The predicted molar refractivity (Wildman–Crippen MR) is 61.8 cm³/mol. The number of nitrogens with one attached hydrogen (secondary N) is 1. The van der Waals surface area contributed by atoms with E-state index in [0.29, 0.717) is 5.89 Å². The summed E-state index contributed by atoms with van der Waals surface area (Å²) in [7, 11) is 1.92. The Morgan fingerprint density at radius 1 is 1.38 bits per heavy atom. The average molecular weight is 218 g/mol. The van der Waals surface area contributed by atoms with Crippen LogP contribution in [0.3, 0.4) is 0 Å². The summed E-state index contributed by atoms with van der Waals surface area (Å²) in [5, 5.41) is 6.70. The summed E-state index contributed by atoms with van der Waals surface area (Å²) in [5.74, 6) is 0.641. The lowest BCUT2D eigenvalue weighted by Crippen LogP contribution is -2.10. The van der Waals surface area contributed by atoms with Gasteiger partial charge < -0.3 is 15.6 Å². The molecule has 0 atom stereocenters. The maximum atomic E-state index is 5.44. The van der Waals surface area contributed by atoms with Gasteiger partial charge >= 0.3 is 0 Å². The minimum Gasteiger partial charge on any atom is -0.365 e. The monoisotopic (exact) mass is 218 g/mol. The molecule has 0 aliphatic heterocycles. The zero-order valence-corrected chi connectivity index (χ0v) is 9.10. The second kappa shape index (κ2) is 4.76. The van der Waals surface area contributed by atoms with E-state index >= 15 is 0 Å². The Morgan fingerprint density at radius 2 is 2.19 bits per heavy atom. The van der Waals surface area contributed by atoms with Crippen LogP contribution in [0.4, 0.5) is 5.95 Å². The first-order valence-corrected chi connectivity index (χ1v) is 5.13. The fraction of sp³-hybridized carbons (Fsp3) is 0.273. The van der Waals surface area contributed by atoms with Gasteiger partial charge in [0, 0.05) is 5.56 Å². The van der Waals surface area contributed by atoms with Gasteiger partial charge in [-0.15, -0.1) is 0 Å². The van der Waals surface area contributed by atoms with Crippen molar-refractivity contribution in [2.75, 3.05) is 19.3 Å². The van der Waals surface area contributed by atoms with Crippen molar-refractivity contribution >= 4 is 5.95 Å². The van der Waals surface area contributed by atoms with Gasteiger partial charge in [-0.2, -0.15) is 4.98 Å². The molecule has 0 unspecified atom stereocenters. The van der Waals surface area contributed by atoms with Gasteiger partial charge in [0.1, 0.15) is 0 Å². The normalized spacial score (nSPS) is 10.6. The van der Waals surface area contributed by atoms with Crippen LogP contribution in [-0.4, -0.2) is 23.7 Å². The molecule has 1 aromatic carbocycles. The number of benzene rings is 1. The minimum atomic E-state index is 0.165. The van der Waals surface area contributed by atoms with Crippen LogP contribution in [0, 0.1) is 0 Å². The van der Waals surface area contributed by atoms with Crippen LogP contribution in [0.25, 0.3) is 11.5 Å². The molecule has 0 spiro atoms. The number of nitrogen functional groups attached to an aromatic ring is 1. The Kier molecular flexibility index (Phi) is 3.16. The van der Waals surface area contributed by atoms with Crippen molar-refractivity contribution in [2.24, 2.45) is 0 Å². The number of hydrogen-bond donors (Lipinski definition) is 2. The molecule has 84 valence electrons. The summed E-state index contributed by atoms with van der Waals surface area (Å²) in [5.41, 5.74) is 7.55. The van der Waals surface area contributed by atoms with Crippen molar-refractivity contribution < 1.29 is 4.52 Å². The average Bonchev–Trinajstić information content (AvgIpc) is 2.73. The van der Waals surface area contributed by atoms with E-state index in [1.54, 1.807) is 0 Å². The molecule has 0 aliphatic rings. The maximum absolute atomic E-state index is 5.44. The number of nitrogens with zero attached hydrogens (tertiary/aromatic N) is 2. The highest BCUT2D eigenvalue weighted by Crippen LogP contribution is 2.22. The van der Waals surface area contributed by atoms with Crippen LogP contribution < -0.4 is 11.1 Å². The molecule has 5 heteroatoms. The van der Waals surface area contributed by atoms with E-state index in [4.69, 9.17) is 10.3 Å². The minimum absolute atomic E-state index is 0.165. The molecule has 0 radical (unpaired) electrons. The van der Waals surface area contributed by atoms with Gasteiger partial charge in [0.25, 0.3) is 11.8 Å². The summed E-state index contributed by atoms with van der Waals surface area (Å²) in [6.07, 6.45) is 0.912. The van der Waals surface area contributed by atoms with Crippen molar-refractivity contribution in [3.05, 3.63) is 29.8 Å². The Hall–Kier alpha value is -1.88. The van der Waals surface area contributed by atoms with Gasteiger partial charge in [0.15, 0.2) is 0 Å². The molecule has 0 aliphatic carbocycles. The standard InChI is InChI=1S/C11H14N4O/c1-13-7-6-8-4-2-3-5-9(8)10-14-11(12)15-16-10/h2-5,13H,6-7H2,1H3,(H2,12,15). The molecule has 16 heavy (non-hydrogen) atoms. The molecule has 0 saturated carbocycles. The largest absolute Gasteiger partial charge is 0.365 e. The molecular formula is C11H14N4O. The summed E-state index contributed by atoms with van der Waals surface area (Å²) < 4.78 is 5.06. The van der Waals surface area contributed by atoms with Crippen molar-refractivity contribution in [1.82, 2.24) is 15.5 Å². The highest BCUT2D eigenvalue weighted by atomic mass is 16.5.